The molecule has 18 heavy (non-hydrogen) atoms. The number of nitrogens with two attached hydrogens (primary N) is 1. The van der Waals surface area contributed by atoms with Crippen molar-refractivity contribution in [2.45, 2.75) is 24.7 Å². The second-order valence-corrected chi connectivity index (χ2v) is 4.41. The summed E-state index contributed by atoms with van der Waals surface area (Å²) in [7, 11) is 0. The molecular weight excluding hydrogens is 313 g/mol. The van der Waals surface area contributed by atoms with Crippen LogP contribution in [0.5, 0.6) is 0 Å². The molecule has 0 heterocycles. The van der Waals surface area contributed by atoms with Crippen molar-refractivity contribution in [1.82, 2.24) is 0 Å². The first kappa shape index (κ1) is 17.8. The zero-order chi connectivity index (χ0) is 13.2. The van der Waals surface area contributed by atoms with E-state index in [-0.39, 0.29) is 23.0 Å². The molecule has 104 valence electrons. The number of halogens is 6. The van der Waals surface area contributed by atoms with Crippen LogP contribution in [0.4, 0.5) is 13.2 Å². The number of rotatable bonds is 3. The SMILES string of the molecule is Cl.N[C@@H](C[C@H](O)c1ccc(Cl)cc1Cl)C(F)(F)F. The zero-order valence-corrected chi connectivity index (χ0v) is 11.2. The summed E-state index contributed by atoms with van der Waals surface area (Å²) in [5.74, 6) is 0. The minimum atomic E-state index is -4.54. The Balaban J connectivity index is 0.00000289. The fraction of sp³-hybridized carbons (Fsp3) is 0.400. The van der Waals surface area contributed by atoms with Gasteiger partial charge in [-0.1, -0.05) is 29.3 Å². The molecule has 1 aromatic rings. The number of hydrogen-bond acceptors (Lipinski definition) is 2. The molecule has 0 saturated heterocycles. The van der Waals surface area contributed by atoms with Crippen molar-refractivity contribution < 1.29 is 18.3 Å². The topological polar surface area (TPSA) is 46.2 Å². The van der Waals surface area contributed by atoms with Crippen molar-refractivity contribution in [1.29, 1.82) is 0 Å². The van der Waals surface area contributed by atoms with Gasteiger partial charge in [0.1, 0.15) is 6.04 Å². The lowest BCUT2D eigenvalue weighted by Crippen LogP contribution is -2.38. The van der Waals surface area contributed by atoms with Crippen LogP contribution in [0.3, 0.4) is 0 Å². The number of alkyl halides is 3. The third-order valence-electron chi connectivity index (χ3n) is 2.22. The number of aliphatic hydroxyl groups excluding tert-OH is 1. The summed E-state index contributed by atoms with van der Waals surface area (Å²) in [4.78, 5) is 0. The van der Waals surface area contributed by atoms with Crippen LogP contribution >= 0.6 is 35.6 Å². The van der Waals surface area contributed by atoms with E-state index in [4.69, 9.17) is 28.9 Å². The van der Waals surface area contributed by atoms with Gasteiger partial charge < -0.3 is 10.8 Å². The van der Waals surface area contributed by atoms with E-state index in [1.807, 2.05) is 0 Å². The summed E-state index contributed by atoms with van der Waals surface area (Å²) in [5.41, 5.74) is 5.09. The van der Waals surface area contributed by atoms with Gasteiger partial charge >= 0.3 is 6.18 Å². The van der Waals surface area contributed by atoms with Crippen LogP contribution in [0.1, 0.15) is 18.1 Å². The van der Waals surface area contributed by atoms with Gasteiger partial charge in [-0.25, -0.2) is 0 Å². The quantitative estimate of drug-likeness (QED) is 0.890. The maximum Gasteiger partial charge on any atom is 0.403 e. The minimum Gasteiger partial charge on any atom is -0.388 e. The predicted molar refractivity (Wildman–Crippen MR) is 67.3 cm³/mol. The van der Waals surface area contributed by atoms with E-state index in [0.717, 1.165) is 0 Å². The van der Waals surface area contributed by atoms with Crippen LogP contribution in [0.2, 0.25) is 10.0 Å². The molecule has 0 fully saturated rings. The third-order valence-corrected chi connectivity index (χ3v) is 2.78. The van der Waals surface area contributed by atoms with Crippen molar-refractivity contribution in [3.8, 4) is 0 Å². The smallest absolute Gasteiger partial charge is 0.388 e. The first-order chi connectivity index (χ1) is 7.71. The molecule has 0 aromatic heterocycles. The summed E-state index contributed by atoms with van der Waals surface area (Å²) in [6.07, 6.45) is -6.57. The van der Waals surface area contributed by atoms with E-state index >= 15 is 0 Å². The molecule has 0 unspecified atom stereocenters. The molecule has 0 amide bonds. The Morgan fingerprint density at radius 2 is 1.83 bits per heavy atom. The molecule has 0 aliphatic rings. The summed E-state index contributed by atoms with van der Waals surface area (Å²) < 4.78 is 36.6. The lowest BCUT2D eigenvalue weighted by molar-refractivity contribution is -0.153. The van der Waals surface area contributed by atoms with Gasteiger partial charge in [0.2, 0.25) is 0 Å². The number of aliphatic hydroxyl groups is 1. The highest BCUT2D eigenvalue weighted by molar-refractivity contribution is 6.35. The third kappa shape index (κ3) is 4.82. The Kier molecular flexibility index (Phi) is 6.74. The van der Waals surface area contributed by atoms with E-state index in [1.54, 1.807) is 0 Å². The van der Waals surface area contributed by atoms with E-state index in [9.17, 15) is 18.3 Å². The van der Waals surface area contributed by atoms with Crippen LogP contribution < -0.4 is 5.73 Å². The van der Waals surface area contributed by atoms with Crippen molar-refractivity contribution in [3.63, 3.8) is 0 Å². The highest BCUT2D eigenvalue weighted by Gasteiger charge is 2.38. The molecule has 0 radical (unpaired) electrons. The molecule has 0 saturated carbocycles. The Hall–Kier alpha value is -0.200. The molecule has 0 bridgehead atoms. The zero-order valence-electron chi connectivity index (χ0n) is 8.92. The standard InChI is InChI=1S/C10H10Cl2F3NO.ClH/c11-5-1-2-6(7(12)3-5)8(17)4-9(16)10(13,14)15;/h1-3,8-9,17H,4,16H2;1H/t8-,9-;/m0./s1. The van der Waals surface area contributed by atoms with Gasteiger partial charge in [-0.15, -0.1) is 12.4 Å². The summed E-state index contributed by atoms with van der Waals surface area (Å²) in [6, 6.07) is 2.06. The fourth-order valence-corrected chi connectivity index (χ4v) is 1.81. The van der Waals surface area contributed by atoms with Crippen LogP contribution in [-0.4, -0.2) is 17.3 Å². The molecule has 1 rings (SSSR count). The molecule has 8 heteroatoms. The van der Waals surface area contributed by atoms with Gasteiger partial charge in [-0.3, -0.25) is 0 Å². The minimum absolute atomic E-state index is 0. The van der Waals surface area contributed by atoms with Crippen molar-refractivity contribution in [3.05, 3.63) is 33.8 Å². The van der Waals surface area contributed by atoms with E-state index in [2.05, 4.69) is 0 Å². The summed E-state index contributed by atoms with van der Waals surface area (Å²) in [5, 5.41) is 10.1. The molecular formula is C10H11Cl3F3NO. The molecule has 3 N–H and O–H groups in total. The Labute approximate surface area is 118 Å². The van der Waals surface area contributed by atoms with Gasteiger partial charge in [-0.2, -0.15) is 13.2 Å². The van der Waals surface area contributed by atoms with E-state index in [0.29, 0.717) is 5.02 Å². The van der Waals surface area contributed by atoms with Gasteiger partial charge in [0, 0.05) is 16.5 Å². The van der Waals surface area contributed by atoms with Crippen LogP contribution in [0.25, 0.3) is 0 Å². The van der Waals surface area contributed by atoms with Crippen LogP contribution in [0, 0.1) is 0 Å². The first-order valence-corrected chi connectivity index (χ1v) is 5.42. The number of hydrogen-bond donors (Lipinski definition) is 2. The second-order valence-electron chi connectivity index (χ2n) is 3.57. The van der Waals surface area contributed by atoms with Crippen LogP contribution in [-0.2, 0) is 0 Å². The second kappa shape index (κ2) is 6.82. The molecule has 2 nitrogen and oxygen atoms in total. The fourth-order valence-electron chi connectivity index (χ4n) is 1.27. The van der Waals surface area contributed by atoms with Crippen LogP contribution in [0.15, 0.2) is 18.2 Å². The first-order valence-electron chi connectivity index (χ1n) is 4.67. The summed E-state index contributed by atoms with van der Waals surface area (Å²) in [6.45, 7) is 0. The lowest BCUT2D eigenvalue weighted by atomic mass is 10.0. The van der Waals surface area contributed by atoms with E-state index < -0.39 is 24.7 Å². The molecule has 0 spiro atoms. The lowest BCUT2D eigenvalue weighted by Gasteiger charge is -2.20. The van der Waals surface area contributed by atoms with Gasteiger partial charge in [-0.05, 0) is 17.7 Å². The predicted octanol–water partition coefficient (Wildman–Crippen LogP) is 3.73. The van der Waals surface area contributed by atoms with E-state index in [1.165, 1.54) is 18.2 Å². The Morgan fingerprint density at radius 3 is 2.28 bits per heavy atom. The average Bonchev–Trinajstić information content (AvgIpc) is 2.15. The Bertz CT molecular complexity index is 400. The molecule has 2 atom stereocenters. The highest BCUT2D eigenvalue weighted by Crippen LogP contribution is 2.31. The molecule has 0 aliphatic carbocycles. The van der Waals surface area contributed by atoms with Crippen molar-refractivity contribution >= 4 is 35.6 Å². The maximum atomic E-state index is 12.2. The largest absolute Gasteiger partial charge is 0.403 e. The van der Waals surface area contributed by atoms with Gasteiger partial charge in [0.25, 0.3) is 0 Å². The van der Waals surface area contributed by atoms with Crippen molar-refractivity contribution in [2.75, 3.05) is 0 Å². The van der Waals surface area contributed by atoms with Gasteiger partial charge in [0.05, 0.1) is 6.10 Å². The Morgan fingerprint density at radius 1 is 1.28 bits per heavy atom. The number of benzene rings is 1. The monoisotopic (exact) mass is 323 g/mol. The molecule has 1 aromatic carbocycles. The molecule has 0 aliphatic heterocycles. The average molecular weight is 325 g/mol. The normalized spacial score (nSPS) is 14.8. The summed E-state index contributed by atoms with van der Waals surface area (Å²) >= 11 is 11.4. The van der Waals surface area contributed by atoms with Gasteiger partial charge in [0.15, 0.2) is 0 Å². The maximum absolute atomic E-state index is 12.2. The highest BCUT2D eigenvalue weighted by atomic mass is 35.5. The van der Waals surface area contributed by atoms with Crippen molar-refractivity contribution in [2.24, 2.45) is 5.73 Å².